The van der Waals surface area contributed by atoms with E-state index in [2.05, 4.69) is 38.3 Å². The van der Waals surface area contributed by atoms with Gasteiger partial charge in [-0.15, -0.1) is 0 Å². The number of amides is 2. The monoisotopic (exact) mass is 427 g/mol. The predicted octanol–water partition coefficient (Wildman–Crippen LogP) is 3.75. The van der Waals surface area contributed by atoms with Gasteiger partial charge in [0.15, 0.2) is 0 Å². The van der Waals surface area contributed by atoms with E-state index in [1.54, 1.807) is 0 Å². The van der Waals surface area contributed by atoms with Crippen molar-refractivity contribution in [1.82, 2.24) is 9.88 Å². The van der Waals surface area contributed by atoms with Crippen LogP contribution in [0.5, 0.6) is 5.75 Å². The van der Waals surface area contributed by atoms with E-state index in [1.807, 2.05) is 31.2 Å². The highest BCUT2D eigenvalue weighted by Crippen LogP contribution is 2.30. The van der Waals surface area contributed by atoms with Gasteiger partial charge in [0.1, 0.15) is 5.75 Å². The lowest BCUT2D eigenvalue weighted by atomic mass is 9.96. The largest absolute Gasteiger partial charge is 0.493 e. The van der Waals surface area contributed by atoms with Gasteiger partial charge in [-0.05, 0) is 37.3 Å². The second-order valence-corrected chi connectivity index (χ2v) is 8.39. The Labute approximate surface area is 183 Å². The van der Waals surface area contributed by atoms with E-state index < -0.39 is 11.8 Å². The number of para-hydroxylation sites is 1. The molecule has 1 aromatic carbocycles. The first-order valence-electron chi connectivity index (χ1n) is 10.7. The lowest BCUT2D eigenvalue weighted by Crippen LogP contribution is -2.38. The van der Waals surface area contributed by atoms with E-state index >= 15 is 0 Å². The zero-order valence-electron chi connectivity index (χ0n) is 19.0. The molecule has 0 aliphatic carbocycles. The average molecular weight is 428 g/mol. The van der Waals surface area contributed by atoms with Crippen molar-refractivity contribution in [2.75, 3.05) is 11.9 Å². The molecule has 0 fully saturated rings. The van der Waals surface area contributed by atoms with Crippen LogP contribution >= 0.6 is 0 Å². The number of carbonyl (C=O) groups excluding carboxylic acids is 2. The van der Waals surface area contributed by atoms with Crippen LogP contribution in [-0.4, -0.2) is 23.0 Å². The van der Waals surface area contributed by atoms with Crippen LogP contribution in [-0.2, 0) is 16.1 Å². The van der Waals surface area contributed by atoms with E-state index in [9.17, 15) is 14.4 Å². The number of hydrogen-bond acceptors (Lipinski definition) is 4. The molecule has 31 heavy (non-hydrogen) atoms. The summed E-state index contributed by atoms with van der Waals surface area (Å²) in [5.41, 5.74) is 1.07. The highest BCUT2D eigenvalue weighted by Gasteiger charge is 2.23. The SMILES string of the molecule is CCn1cc(NC(=O)C(=O)NC(CC(C)C)c2ccccc2OCC(C)C)ccc1=O. The van der Waals surface area contributed by atoms with Crippen molar-refractivity contribution >= 4 is 17.5 Å². The van der Waals surface area contributed by atoms with Crippen LogP contribution in [0.1, 0.15) is 52.6 Å². The maximum atomic E-state index is 12.7. The highest BCUT2D eigenvalue weighted by molar-refractivity contribution is 6.39. The molecule has 0 aliphatic rings. The quantitative estimate of drug-likeness (QED) is 0.597. The normalized spacial score (nSPS) is 12.0. The second-order valence-electron chi connectivity index (χ2n) is 8.39. The molecular formula is C24H33N3O4. The summed E-state index contributed by atoms with van der Waals surface area (Å²) in [6.07, 6.45) is 2.18. The van der Waals surface area contributed by atoms with Gasteiger partial charge in [-0.25, -0.2) is 0 Å². The van der Waals surface area contributed by atoms with Crippen LogP contribution in [0, 0.1) is 11.8 Å². The number of anilines is 1. The fourth-order valence-corrected chi connectivity index (χ4v) is 3.16. The van der Waals surface area contributed by atoms with Gasteiger partial charge >= 0.3 is 11.8 Å². The summed E-state index contributed by atoms with van der Waals surface area (Å²) in [5.74, 6) is -0.158. The molecular weight excluding hydrogens is 394 g/mol. The topological polar surface area (TPSA) is 89.4 Å². The molecule has 1 unspecified atom stereocenters. The van der Waals surface area contributed by atoms with E-state index in [1.165, 1.54) is 22.9 Å². The van der Waals surface area contributed by atoms with Crippen molar-refractivity contribution < 1.29 is 14.3 Å². The van der Waals surface area contributed by atoms with Crippen LogP contribution in [0.3, 0.4) is 0 Å². The van der Waals surface area contributed by atoms with Crippen LogP contribution in [0.15, 0.2) is 47.4 Å². The molecule has 7 heteroatoms. The van der Waals surface area contributed by atoms with Gasteiger partial charge in [0.05, 0.1) is 18.3 Å². The van der Waals surface area contributed by atoms with E-state index in [0.717, 1.165) is 5.56 Å². The predicted molar refractivity (Wildman–Crippen MR) is 122 cm³/mol. The highest BCUT2D eigenvalue weighted by atomic mass is 16.5. The number of carbonyl (C=O) groups is 2. The summed E-state index contributed by atoms with van der Waals surface area (Å²) in [7, 11) is 0. The molecule has 0 radical (unpaired) electrons. The summed E-state index contributed by atoms with van der Waals surface area (Å²) < 4.78 is 7.41. The molecule has 0 aliphatic heterocycles. The number of rotatable bonds is 9. The zero-order chi connectivity index (χ0) is 23.0. The van der Waals surface area contributed by atoms with E-state index in [-0.39, 0.29) is 11.6 Å². The van der Waals surface area contributed by atoms with Gasteiger partial charge in [-0.2, -0.15) is 0 Å². The Bertz CT molecular complexity index is 950. The number of ether oxygens (including phenoxy) is 1. The molecule has 0 saturated heterocycles. The maximum Gasteiger partial charge on any atom is 0.313 e. The van der Waals surface area contributed by atoms with Crippen molar-refractivity contribution in [1.29, 1.82) is 0 Å². The minimum Gasteiger partial charge on any atom is -0.493 e. The third-order valence-corrected chi connectivity index (χ3v) is 4.67. The fraction of sp³-hybridized carbons (Fsp3) is 0.458. The molecule has 2 rings (SSSR count). The van der Waals surface area contributed by atoms with Crippen LogP contribution in [0.2, 0.25) is 0 Å². The Morgan fingerprint density at radius 2 is 1.71 bits per heavy atom. The van der Waals surface area contributed by atoms with Crippen LogP contribution in [0.25, 0.3) is 0 Å². The number of benzene rings is 1. The second kappa shape index (κ2) is 11.3. The number of pyridine rings is 1. The van der Waals surface area contributed by atoms with Crippen molar-refractivity contribution in [3.8, 4) is 5.75 Å². The summed E-state index contributed by atoms with van der Waals surface area (Å²) in [4.78, 5) is 36.9. The molecule has 1 aromatic heterocycles. The number of nitrogens with zero attached hydrogens (tertiary/aromatic N) is 1. The first-order chi connectivity index (χ1) is 14.7. The smallest absolute Gasteiger partial charge is 0.313 e. The molecule has 2 amide bonds. The lowest BCUT2D eigenvalue weighted by Gasteiger charge is -2.23. The number of aryl methyl sites for hydroxylation is 1. The van der Waals surface area contributed by atoms with Gasteiger partial charge in [-0.1, -0.05) is 45.9 Å². The fourth-order valence-electron chi connectivity index (χ4n) is 3.16. The molecule has 2 N–H and O–H groups in total. The third kappa shape index (κ3) is 7.27. The van der Waals surface area contributed by atoms with Crippen molar-refractivity contribution in [2.24, 2.45) is 11.8 Å². The lowest BCUT2D eigenvalue weighted by molar-refractivity contribution is -0.136. The minimum absolute atomic E-state index is 0.167. The van der Waals surface area contributed by atoms with Crippen LogP contribution < -0.4 is 20.9 Å². The van der Waals surface area contributed by atoms with Crippen LogP contribution in [0.4, 0.5) is 5.69 Å². The number of nitrogens with one attached hydrogen (secondary N) is 2. The summed E-state index contributed by atoms with van der Waals surface area (Å²) in [6, 6.07) is 10.1. The van der Waals surface area contributed by atoms with Crippen molar-refractivity contribution in [2.45, 2.75) is 53.6 Å². The van der Waals surface area contributed by atoms with Crippen molar-refractivity contribution in [3.63, 3.8) is 0 Å². The average Bonchev–Trinajstić information content (AvgIpc) is 2.72. The van der Waals surface area contributed by atoms with Gasteiger partial charge < -0.3 is 19.9 Å². The molecule has 1 atom stereocenters. The maximum absolute atomic E-state index is 12.7. The molecule has 0 bridgehead atoms. The van der Waals surface area contributed by atoms with E-state index in [0.29, 0.717) is 42.8 Å². The Morgan fingerprint density at radius 3 is 2.35 bits per heavy atom. The van der Waals surface area contributed by atoms with E-state index in [4.69, 9.17) is 4.74 Å². The Kier molecular flexibility index (Phi) is 8.85. The molecule has 0 spiro atoms. The molecule has 7 nitrogen and oxygen atoms in total. The van der Waals surface area contributed by atoms with Gasteiger partial charge in [0, 0.05) is 24.4 Å². The molecule has 2 aromatic rings. The Morgan fingerprint density at radius 1 is 1.00 bits per heavy atom. The zero-order valence-corrected chi connectivity index (χ0v) is 19.0. The Balaban J connectivity index is 2.18. The summed E-state index contributed by atoms with van der Waals surface area (Å²) in [5, 5.41) is 5.42. The molecule has 1 heterocycles. The van der Waals surface area contributed by atoms with Gasteiger partial charge in [-0.3, -0.25) is 14.4 Å². The molecule has 0 saturated carbocycles. The minimum atomic E-state index is -0.782. The van der Waals surface area contributed by atoms with Gasteiger partial charge in [0.2, 0.25) is 0 Å². The molecule has 168 valence electrons. The Hall–Kier alpha value is -3.09. The van der Waals surface area contributed by atoms with Gasteiger partial charge in [0.25, 0.3) is 5.56 Å². The van der Waals surface area contributed by atoms with Crippen molar-refractivity contribution in [3.05, 3.63) is 58.5 Å². The third-order valence-electron chi connectivity index (χ3n) is 4.67. The number of hydrogen-bond donors (Lipinski definition) is 2. The first kappa shape index (κ1) is 24.2. The summed E-state index contributed by atoms with van der Waals surface area (Å²) in [6.45, 7) is 11.1. The number of aromatic nitrogens is 1. The first-order valence-corrected chi connectivity index (χ1v) is 10.7. The standard InChI is InChI=1S/C24H33N3O4/c1-6-27-14-18(11-12-22(27)28)25-23(29)24(30)26-20(13-16(2)3)19-9-7-8-10-21(19)31-15-17(4)5/h7-12,14,16-17,20H,6,13,15H2,1-5H3,(H,25,29)(H,26,30). The summed E-state index contributed by atoms with van der Waals surface area (Å²) >= 11 is 0.